The number of hydrogen-bond donors (Lipinski definition) is 1. The summed E-state index contributed by atoms with van der Waals surface area (Å²) in [6.07, 6.45) is -0.142. The molecule has 0 heterocycles. The number of benzene rings is 1. The van der Waals surface area contributed by atoms with Gasteiger partial charge in [-0.3, -0.25) is 0 Å². The first-order valence-electron chi connectivity index (χ1n) is 5.04. The van der Waals surface area contributed by atoms with Crippen LogP contribution in [-0.2, 0) is 0 Å². The van der Waals surface area contributed by atoms with Gasteiger partial charge < -0.3 is 19.3 Å². The van der Waals surface area contributed by atoms with E-state index in [2.05, 4.69) is 6.92 Å². The van der Waals surface area contributed by atoms with Crippen molar-refractivity contribution < 1.29 is 19.3 Å². The van der Waals surface area contributed by atoms with Crippen LogP contribution in [0.4, 0.5) is 0 Å². The lowest BCUT2D eigenvalue weighted by atomic mass is 10.3. The number of aliphatic hydroxyl groups is 1. The molecule has 1 aromatic rings. The van der Waals surface area contributed by atoms with E-state index in [4.69, 9.17) is 19.3 Å². The van der Waals surface area contributed by atoms with Gasteiger partial charge in [-0.2, -0.15) is 0 Å². The van der Waals surface area contributed by atoms with Gasteiger partial charge in [-0.05, 0) is 19.1 Å². The zero-order valence-electron chi connectivity index (χ0n) is 9.60. The van der Waals surface area contributed by atoms with Gasteiger partial charge >= 0.3 is 0 Å². The van der Waals surface area contributed by atoms with Crippen molar-refractivity contribution in [1.82, 2.24) is 0 Å². The fourth-order valence-electron chi connectivity index (χ4n) is 1.28. The molecule has 0 spiro atoms. The highest BCUT2D eigenvalue weighted by Crippen LogP contribution is 2.36. The fourth-order valence-corrected chi connectivity index (χ4v) is 1.28. The molecule has 0 fully saturated rings. The van der Waals surface area contributed by atoms with Gasteiger partial charge in [0.1, 0.15) is 0 Å². The van der Waals surface area contributed by atoms with Crippen LogP contribution in [0.5, 0.6) is 17.2 Å². The average Bonchev–Trinajstić information content (AvgIpc) is 2.28. The minimum Gasteiger partial charge on any atom is -0.493 e. The Morgan fingerprint density at radius 2 is 1.94 bits per heavy atom. The molecule has 16 heavy (non-hydrogen) atoms. The molecule has 1 unspecified atom stereocenters. The van der Waals surface area contributed by atoms with Gasteiger partial charge in [-0.25, -0.2) is 0 Å². The number of methoxy groups -OCH3 is 2. The quantitative estimate of drug-likeness (QED) is 0.800. The highest BCUT2D eigenvalue weighted by Gasteiger charge is 2.10. The maximum atomic E-state index is 9.01. The van der Waals surface area contributed by atoms with Crippen molar-refractivity contribution in [3.8, 4) is 17.2 Å². The maximum Gasteiger partial charge on any atom is 0.203 e. The maximum absolute atomic E-state index is 9.01. The molecular formula is C12H17O4. The van der Waals surface area contributed by atoms with Crippen LogP contribution in [-0.4, -0.2) is 32.0 Å². The van der Waals surface area contributed by atoms with Crippen LogP contribution >= 0.6 is 0 Å². The van der Waals surface area contributed by atoms with Crippen LogP contribution in [0.1, 0.15) is 6.42 Å². The van der Waals surface area contributed by atoms with Crippen molar-refractivity contribution in [2.75, 3.05) is 20.8 Å². The molecule has 0 saturated carbocycles. The highest BCUT2D eigenvalue weighted by molar-refractivity contribution is 5.50. The van der Waals surface area contributed by atoms with Crippen molar-refractivity contribution in [2.45, 2.75) is 12.5 Å². The molecule has 4 heteroatoms. The molecule has 1 atom stereocenters. The summed E-state index contributed by atoms with van der Waals surface area (Å²) in [5.41, 5.74) is 0. The number of para-hydroxylation sites is 1. The van der Waals surface area contributed by atoms with Crippen molar-refractivity contribution in [3.05, 3.63) is 25.1 Å². The Bertz CT molecular complexity index is 323. The van der Waals surface area contributed by atoms with Crippen molar-refractivity contribution >= 4 is 0 Å². The topological polar surface area (TPSA) is 47.9 Å². The van der Waals surface area contributed by atoms with Gasteiger partial charge in [0.05, 0.1) is 26.9 Å². The van der Waals surface area contributed by atoms with Gasteiger partial charge in [-0.15, -0.1) is 0 Å². The second kappa shape index (κ2) is 6.23. The van der Waals surface area contributed by atoms with Crippen molar-refractivity contribution in [1.29, 1.82) is 0 Å². The van der Waals surface area contributed by atoms with Crippen molar-refractivity contribution in [3.63, 3.8) is 0 Å². The molecule has 0 aliphatic heterocycles. The number of ether oxygens (including phenoxy) is 3. The van der Waals surface area contributed by atoms with Gasteiger partial charge in [0, 0.05) is 6.42 Å². The van der Waals surface area contributed by atoms with E-state index in [0.29, 0.717) is 30.3 Å². The van der Waals surface area contributed by atoms with Crippen LogP contribution < -0.4 is 14.2 Å². The second-order valence-corrected chi connectivity index (χ2v) is 3.28. The third-order valence-electron chi connectivity index (χ3n) is 2.08. The van der Waals surface area contributed by atoms with E-state index < -0.39 is 6.10 Å². The molecule has 0 aromatic heterocycles. The van der Waals surface area contributed by atoms with Crippen LogP contribution in [0.25, 0.3) is 0 Å². The molecular weight excluding hydrogens is 208 g/mol. The molecule has 0 aliphatic rings. The second-order valence-electron chi connectivity index (χ2n) is 3.28. The Balaban J connectivity index is 2.71. The predicted octanol–water partition coefficient (Wildman–Crippen LogP) is 1.67. The third-order valence-corrected chi connectivity index (χ3v) is 2.08. The summed E-state index contributed by atoms with van der Waals surface area (Å²) in [7, 11) is 3.13. The van der Waals surface area contributed by atoms with Crippen LogP contribution in [0, 0.1) is 6.92 Å². The van der Waals surface area contributed by atoms with Crippen LogP contribution in [0.3, 0.4) is 0 Å². The van der Waals surface area contributed by atoms with E-state index in [0.717, 1.165) is 0 Å². The SMILES string of the molecule is [CH2]C(O)CCOc1cccc(OC)c1OC. The Labute approximate surface area is 95.8 Å². The Morgan fingerprint density at radius 1 is 1.25 bits per heavy atom. The Kier molecular flexibility index (Phi) is 4.92. The van der Waals surface area contributed by atoms with Gasteiger partial charge in [-0.1, -0.05) is 6.07 Å². The summed E-state index contributed by atoms with van der Waals surface area (Å²) in [6, 6.07) is 5.40. The molecule has 0 aliphatic carbocycles. The average molecular weight is 225 g/mol. The molecule has 1 rings (SSSR count). The highest BCUT2D eigenvalue weighted by atomic mass is 16.5. The summed E-state index contributed by atoms with van der Waals surface area (Å²) in [6.45, 7) is 3.85. The van der Waals surface area contributed by atoms with Gasteiger partial charge in [0.25, 0.3) is 0 Å². The smallest absolute Gasteiger partial charge is 0.203 e. The molecule has 0 bridgehead atoms. The predicted molar refractivity (Wildman–Crippen MR) is 61.0 cm³/mol. The summed E-state index contributed by atoms with van der Waals surface area (Å²) in [4.78, 5) is 0. The standard InChI is InChI=1S/C12H17O4/c1-9(13)7-8-16-11-6-4-5-10(14-2)12(11)15-3/h4-6,9,13H,1,7-8H2,2-3H3. The molecule has 0 amide bonds. The largest absolute Gasteiger partial charge is 0.493 e. The molecule has 0 saturated heterocycles. The van der Waals surface area contributed by atoms with Gasteiger partial charge in [0.2, 0.25) is 5.75 Å². The number of aliphatic hydroxyl groups excluding tert-OH is 1. The summed E-state index contributed by atoms with van der Waals surface area (Å²) >= 11 is 0. The first kappa shape index (κ1) is 12.6. The van der Waals surface area contributed by atoms with Crippen LogP contribution in [0.2, 0.25) is 0 Å². The molecule has 1 N–H and O–H groups in total. The van der Waals surface area contributed by atoms with E-state index in [1.165, 1.54) is 0 Å². The van der Waals surface area contributed by atoms with E-state index in [9.17, 15) is 0 Å². The summed E-state index contributed by atoms with van der Waals surface area (Å²) in [5.74, 6) is 1.78. The zero-order chi connectivity index (χ0) is 12.0. The first-order valence-corrected chi connectivity index (χ1v) is 5.04. The summed E-state index contributed by atoms with van der Waals surface area (Å²) < 4.78 is 15.8. The zero-order valence-corrected chi connectivity index (χ0v) is 9.60. The lowest BCUT2D eigenvalue weighted by molar-refractivity contribution is 0.173. The monoisotopic (exact) mass is 225 g/mol. The number of hydrogen-bond acceptors (Lipinski definition) is 4. The lowest BCUT2D eigenvalue weighted by Crippen LogP contribution is -2.08. The lowest BCUT2D eigenvalue weighted by Gasteiger charge is -2.13. The third kappa shape index (κ3) is 3.31. The molecule has 4 nitrogen and oxygen atoms in total. The normalized spacial score (nSPS) is 12.0. The van der Waals surface area contributed by atoms with Gasteiger partial charge in [0.15, 0.2) is 11.5 Å². The van der Waals surface area contributed by atoms with E-state index in [1.807, 2.05) is 6.07 Å². The number of rotatable bonds is 6. The Hall–Kier alpha value is -1.42. The molecule has 1 aromatic carbocycles. The fraction of sp³-hybridized carbons (Fsp3) is 0.417. The minimum absolute atomic E-state index is 0.383. The molecule has 89 valence electrons. The Morgan fingerprint density at radius 3 is 2.50 bits per heavy atom. The van der Waals surface area contributed by atoms with E-state index >= 15 is 0 Å². The van der Waals surface area contributed by atoms with Crippen molar-refractivity contribution in [2.24, 2.45) is 0 Å². The van der Waals surface area contributed by atoms with E-state index in [-0.39, 0.29) is 0 Å². The first-order chi connectivity index (χ1) is 7.69. The molecule has 1 radical (unpaired) electrons. The van der Waals surface area contributed by atoms with Crippen LogP contribution in [0.15, 0.2) is 18.2 Å². The van der Waals surface area contributed by atoms with E-state index in [1.54, 1.807) is 26.4 Å². The minimum atomic E-state index is -0.614. The summed E-state index contributed by atoms with van der Waals surface area (Å²) in [5, 5.41) is 9.01.